The van der Waals surface area contributed by atoms with E-state index in [9.17, 15) is 26.7 Å². The average molecular weight is 549 g/mol. The van der Waals surface area contributed by atoms with Crippen molar-refractivity contribution in [2.24, 2.45) is 5.92 Å². The Morgan fingerprint density at radius 3 is 2.28 bits per heavy atom. The highest BCUT2D eigenvalue weighted by atomic mass is 19.2. The predicted molar refractivity (Wildman–Crippen MR) is 135 cm³/mol. The van der Waals surface area contributed by atoms with Gasteiger partial charge in [0.05, 0.1) is 12.7 Å². The maximum atomic E-state index is 14.8. The number of hydrogen-bond acceptors (Lipinski definition) is 4. The van der Waals surface area contributed by atoms with E-state index in [-0.39, 0.29) is 22.4 Å². The van der Waals surface area contributed by atoms with Gasteiger partial charge in [0.15, 0.2) is 11.6 Å². The van der Waals surface area contributed by atoms with Crippen molar-refractivity contribution >= 4 is 5.97 Å². The van der Waals surface area contributed by atoms with Gasteiger partial charge in [-0.25, -0.2) is 26.7 Å². The zero-order valence-electron chi connectivity index (χ0n) is 21.5. The minimum Gasteiger partial charge on any atom is -0.423 e. The van der Waals surface area contributed by atoms with E-state index in [0.29, 0.717) is 25.6 Å². The van der Waals surface area contributed by atoms with Crippen molar-refractivity contribution in [2.75, 3.05) is 19.8 Å². The Bertz CT molecular complexity index is 1280. The number of halogens is 5. The predicted octanol–water partition coefficient (Wildman–Crippen LogP) is 7.94. The zero-order valence-corrected chi connectivity index (χ0v) is 21.5. The summed E-state index contributed by atoms with van der Waals surface area (Å²) in [6, 6.07) is 8.15. The van der Waals surface area contributed by atoms with Crippen molar-refractivity contribution in [3.05, 3.63) is 88.7 Å². The molecule has 0 amide bonds. The van der Waals surface area contributed by atoms with Crippen LogP contribution < -0.4 is 4.74 Å². The maximum absolute atomic E-state index is 14.8. The minimum atomic E-state index is -1.34. The van der Waals surface area contributed by atoms with Gasteiger partial charge >= 0.3 is 5.97 Å². The van der Waals surface area contributed by atoms with Crippen LogP contribution in [0, 0.1) is 35.0 Å². The van der Waals surface area contributed by atoms with Crippen LogP contribution in [0.3, 0.4) is 0 Å². The smallest absolute Gasteiger partial charge is 0.349 e. The Hall–Kier alpha value is -3.30. The molecule has 9 heteroatoms. The van der Waals surface area contributed by atoms with Crippen molar-refractivity contribution in [3.8, 4) is 16.9 Å². The third kappa shape index (κ3) is 7.22. The monoisotopic (exact) mass is 548 g/mol. The van der Waals surface area contributed by atoms with Crippen molar-refractivity contribution in [3.63, 3.8) is 0 Å². The van der Waals surface area contributed by atoms with Crippen LogP contribution in [0.15, 0.2) is 48.5 Å². The first-order chi connectivity index (χ1) is 18.8. The lowest BCUT2D eigenvalue weighted by Gasteiger charge is -2.29. The molecule has 0 saturated carbocycles. The minimum absolute atomic E-state index is 0.0634. The molecular formula is C30H29F5O4. The molecule has 0 bridgehead atoms. The summed E-state index contributed by atoms with van der Waals surface area (Å²) in [5.41, 5.74) is -0.648. The number of carbonyl (C=O) groups is 1. The van der Waals surface area contributed by atoms with Crippen molar-refractivity contribution in [2.45, 2.75) is 45.1 Å². The molecule has 4 rings (SSSR count). The number of carbonyl (C=O) groups excluding carboxylic acids is 1. The van der Waals surface area contributed by atoms with E-state index in [1.165, 1.54) is 18.2 Å². The molecule has 0 radical (unpaired) electrons. The fourth-order valence-corrected chi connectivity index (χ4v) is 4.48. The normalized spacial score (nSPS) is 17.3. The molecule has 4 nitrogen and oxygen atoms in total. The largest absolute Gasteiger partial charge is 0.423 e. The molecular weight excluding hydrogens is 519 g/mol. The van der Waals surface area contributed by atoms with Crippen LogP contribution in [0.2, 0.25) is 0 Å². The third-order valence-corrected chi connectivity index (χ3v) is 6.70. The third-order valence-electron chi connectivity index (χ3n) is 6.70. The molecule has 3 aromatic carbocycles. The topological polar surface area (TPSA) is 44.8 Å². The van der Waals surface area contributed by atoms with Gasteiger partial charge in [-0.1, -0.05) is 19.4 Å². The molecule has 1 heterocycles. The molecule has 208 valence electrons. The molecule has 1 aliphatic rings. The van der Waals surface area contributed by atoms with Crippen LogP contribution in [0.4, 0.5) is 22.0 Å². The lowest BCUT2D eigenvalue weighted by Crippen LogP contribution is -2.22. The quantitative estimate of drug-likeness (QED) is 0.112. The van der Waals surface area contributed by atoms with Gasteiger partial charge in [0, 0.05) is 24.8 Å². The van der Waals surface area contributed by atoms with Gasteiger partial charge in [-0.3, -0.25) is 0 Å². The summed E-state index contributed by atoms with van der Waals surface area (Å²) in [6.45, 7) is 3.93. The standard InChI is InChI=1S/C30H29F5O4/c1-2-3-11-37-12-10-18-4-9-28(38-17-18)20-14-26(34)29(27(35)15-20)30(36)39-21-6-7-22(24(32)16-21)19-5-8-23(31)25(33)13-19/h5-8,13-16,18,28H,2-4,9-12,17H2,1H3. The highest BCUT2D eigenvalue weighted by Crippen LogP contribution is 2.34. The van der Waals surface area contributed by atoms with Crippen LogP contribution in [0.1, 0.15) is 61.1 Å². The van der Waals surface area contributed by atoms with E-state index in [1.807, 2.05) is 0 Å². The van der Waals surface area contributed by atoms with Gasteiger partial charge in [-0.2, -0.15) is 0 Å². The lowest BCUT2D eigenvalue weighted by atomic mass is 9.92. The van der Waals surface area contributed by atoms with Gasteiger partial charge in [0.2, 0.25) is 0 Å². The summed E-state index contributed by atoms with van der Waals surface area (Å²) >= 11 is 0. The molecule has 0 N–H and O–H groups in total. The van der Waals surface area contributed by atoms with Crippen LogP contribution in [-0.4, -0.2) is 25.8 Å². The first-order valence-electron chi connectivity index (χ1n) is 12.9. The van der Waals surface area contributed by atoms with Crippen molar-refractivity contribution in [1.29, 1.82) is 0 Å². The van der Waals surface area contributed by atoms with E-state index in [0.717, 1.165) is 62.6 Å². The fourth-order valence-electron chi connectivity index (χ4n) is 4.48. The van der Waals surface area contributed by atoms with E-state index >= 15 is 0 Å². The van der Waals surface area contributed by atoms with Crippen LogP contribution in [0.25, 0.3) is 11.1 Å². The SMILES string of the molecule is CCCCOCCC1CCC(c2cc(F)c(C(=O)Oc3ccc(-c4ccc(F)c(F)c4)c(F)c3)c(F)c2)OC1. The average Bonchev–Trinajstić information content (AvgIpc) is 2.90. The maximum Gasteiger partial charge on any atom is 0.349 e. The summed E-state index contributed by atoms with van der Waals surface area (Å²) in [6.07, 6.45) is 3.84. The number of unbranched alkanes of at least 4 members (excludes halogenated alkanes) is 1. The molecule has 39 heavy (non-hydrogen) atoms. The number of benzene rings is 3. The molecule has 0 spiro atoms. The first kappa shape index (κ1) is 28.7. The summed E-state index contributed by atoms with van der Waals surface area (Å²) in [5.74, 6) is -6.72. The number of ether oxygens (including phenoxy) is 3. The molecule has 0 aromatic heterocycles. The summed E-state index contributed by atoms with van der Waals surface area (Å²) in [7, 11) is 0. The number of esters is 1. The molecule has 1 saturated heterocycles. The Morgan fingerprint density at radius 1 is 0.872 bits per heavy atom. The molecule has 0 aliphatic carbocycles. The van der Waals surface area contributed by atoms with Gasteiger partial charge in [0.25, 0.3) is 0 Å². The van der Waals surface area contributed by atoms with Gasteiger partial charge in [-0.15, -0.1) is 0 Å². The van der Waals surface area contributed by atoms with Crippen LogP contribution in [-0.2, 0) is 9.47 Å². The molecule has 1 fully saturated rings. The first-order valence-corrected chi connectivity index (χ1v) is 12.9. The summed E-state index contributed by atoms with van der Waals surface area (Å²) < 4.78 is 87.4. The van der Waals surface area contributed by atoms with Gasteiger partial charge in [0.1, 0.15) is 28.8 Å². The molecule has 2 atom stereocenters. The van der Waals surface area contributed by atoms with E-state index in [1.54, 1.807) is 0 Å². The highest BCUT2D eigenvalue weighted by Gasteiger charge is 2.27. The summed E-state index contributed by atoms with van der Waals surface area (Å²) in [5, 5.41) is 0. The Balaban J connectivity index is 1.38. The van der Waals surface area contributed by atoms with Crippen LogP contribution >= 0.6 is 0 Å². The second kappa shape index (κ2) is 13.2. The Labute approximate surface area is 223 Å². The van der Waals surface area contributed by atoms with E-state index in [4.69, 9.17) is 14.2 Å². The second-order valence-electron chi connectivity index (χ2n) is 9.54. The number of rotatable bonds is 10. The molecule has 2 unspecified atom stereocenters. The Kier molecular flexibility index (Phi) is 9.69. The van der Waals surface area contributed by atoms with Crippen molar-refractivity contribution in [1.82, 2.24) is 0 Å². The van der Waals surface area contributed by atoms with Crippen LogP contribution in [0.5, 0.6) is 5.75 Å². The van der Waals surface area contributed by atoms with Gasteiger partial charge < -0.3 is 14.2 Å². The fraction of sp³-hybridized carbons (Fsp3) is 0.367. The second-order valence-corrected chi connectivity index (χ2v) is 9.54. The Morgan fingerprint density at radius 2 is 1.64 bits per heavy atom. The van der Waals surface area contributed by atoms with E-state index < -0.39 is 46.7 Å². The molecule has 1 aliphatic heterocycles. The van der Waals surface area contributed by atoms with Gasteiger partial charge in [-0.05, 0) is 79.1 Å². The highest BCUT2D eigenvalue weighted by molar-refractivity contribution is 5.91. The lowest BCUT2D eigenvalue weighted by molar-refractivity contribution is -0.0268. The van der Waals surface area contributed by atoms with Crippen molar-refractivity contribution < 1.29 is 41.0 Å². The zero-order chi connectivity index (χ0) is 27.9. The summed E-state index contributed by atoms with van der Waals surface area (Å²) in [4.78, 5) is 12.5. The molecule has 3 aromatic rings. The number of hydrogen-bond donors (Lipinski definition) is 0. The van der Waals surface area contributed by atoms with E-state index in [2.05, 4.69) is 6.92 Å².